The minimum Gasteiger partial charge on any atom is -0.391 e. The molecule has 4 nitrogen and oxygen atoms in total. The molecule has 2 unspecified atom stereocenters. The first-order valence-electron chi connectivity index (χ1n) is 7.00. The second kappa shape index (κ2) is 6.68. The number of aliphatic hydroxyl groups is 1. The van der Waals surface area contributed by atoms with Crippen LogP contribution in [0.25, 0.3) is 0 Å². The van der Waals surface area contributed by atoms with Crippen molar-refractivity contribution in [2.75, 3.05) is 0 Å². The van der Waals surface area contributed by atoms with Gasteiger partial charge < -0.3 is 10.4 Å². The van der Waals surface area contributed by atoms with Gasteiger partial charge in [-0.1, -0.05) is 30.3 Å². The van der Waals surface area contributed by atoms with Gasteiger partial charge in [-0.2, -0.15) is 5.10 Å². The number of rotatable bonds is 6. The molecule has 2 atom stereocenters. The van der Waals surface area contributed by atoms with Crippen molar-refractivity contribution in [1.29, 1.82) is 0 Å². The average Bonchev–Trinajstić information content (AvgIpc) is 2.75. The number of hydrogen-bond acceptors (Lipinski definition) is 3. The van der Waals surface area contributed by atoms with Crippen molar-refractivity contribution >= 4 is 0 Å². The van der Waals surface area contributed by atoms with Gasteiger partial charge >= 0.3 is 0 Å². The molecule has 0 aliphatic carbocycles. The minimum atomic E-state index is -0.394. The summed E-state index contributed by atoms with van der Waals surface area (Å²) >= 11 is 0. The average molecular weight is 273 g/mol. The Bertz CT molecular complexity index is 536. The number of aliphatic hydroxyl groups excluding tert-OH is 1. The van der Waals surface area contributed by atoms with Gasteiger partial charge in [0.1, 0.15) is 0 Å². The smallest absolute Gasteiger partial charge is 0.0730 e. The number of benzene rings is 1. The van der Waals surface area contributed by atoms with Gasteiger partial charge in [0.2, 0.25) is 0 Å². The van der Waals surface area contributed by atoms with Crippen LogP contribution in [0.5, 0.6) is 0 Å². The van der Waals surface area contributed by atoms with Crippen molar-refractivity contribution < 1.29 is 5.11 Å². The van der Waals surface area contributed by atoms with Gasteiger partial charge in [-0.3, -0.25) is 4.68 Å². The molecule has 20 heavy (non-hydrogen) atoms. The summed E-state index contributed by atoms with van der Waals surface area (Å²) in [6.45, 7) is 4.74. The third-order valence-corrected chi connectivity index (χ3v) is 3.59. The van der Waals surface area contributed by atoms with Gasteiger partial charge in [0.05, 0.1) is 11.8 Å². The summed E-state index contributed by atoms with van der Waals surface area (Å²) in [5, 5.41) is 17.9. The lowest BCUT2D eigenvalue weighted by Crippen LogP contribution is -2.38. The normalized spacial score (nSPS) is 14.2. The van der Waals surface area contributed by atoms with Crippen LogP contribution < -0.4 is 5.32 Å². The Labute approximate surface area is 120 Å². The van der Waals surface area contributed by atoms with Crippen LogP contribution in [0.2, 0.25) is 0 Å². The molecule has 0 spiro atoms. The quantitative estimate of drug-likeness (QED) is 0.844. The maximum atomic E-state index is 10.2. The van der Waals surface area contributed by atoms with Gasteiger partial charge in [0.25, 0.3) is 0 Å². The Morgan fingerprint density at radius 2 is 2.00 bits per heavy atom. The fraction of sp³-hybridized carbons (Fsp3) is 0.438. The topological polar surface area (TPSA) is 50.1 Å². The van der Waals surface area contributed by atoms with Crippen LogP contribution in [0.4, 0.5) is 0 Å². The third-order valence-electron chi connectivity index (χ3n) is 3.59. The largest absolute Gasteiger partial charge is 0.391 e. The van der Waals surface area contributed by atoms with E-state index in [0.717, 1.165) is 17.8 Å². The Morgan fingerprint density at radius 3 is 2.60 bits per heavy atom. The predicted octanol–water partition coefficient (Wildman–Crippen LogP) is 1.81. The van der Waals surface area contributed by atoms with Gasteiger partial charge in [0.15, 0.2) is 0 Å². The number of hydrogen-bond donors (Lipinski definition) is 2. The fourth-order valence-corrected chi connectivity index (χ4v) is 2.26. The fourth-order valence-electron chi connectivity index (χ4n) is 2.26. The van der Waals surface area contributed by atoms with E-state index in [2.05, 4.69) is 10.4 Å². The third kappa shape index (κ3) is 3.92. The Morgan fingerprint density at radius 1 is 1.30 bits per heavy atom. The maximum absolute atomic E-state index is 10.2. The number of nitrogens with zero attached hydrogens (tertiary/aromatic N) is 2. The highest BCUT2D eigenvalue weighted by molar-refractivity contribution is 5.17. The number of aromatic nitrogens is 2. The van der Waals surface area contributed by atoms with Gasteiger partial charge in [0, 0.05) is 31.4 Å². The molecular weight excluding hydrogens is 250 g/mol. The minimum absolute atomic E-state index is 0.0369. The number of aryl methyl sites for hydroxylation is 2. The molecule has 2 aromatic rings. The van der Waals surface area contributed by atoms with Crippen molar-refractivity contribution in [2.45, 2.75) is 39.0 Å². The van der Waals surface area contributed by atoms with Crippen LogP contribution in [0.15, 0.2) is 36.5 Å². The zero-order chi connectivity index (χ0) is 14.5. The molecule has 0 aliphatic rings. The Balaban J connectivity index is 1.85. The zero-order valence-electron chi connectivity index (χ0n) is 12.4. The summed E-state index contributed by atoms with van der Waals surface area (Å²) in [6, 6.07) is 10.1. The van der Waals surface area contributed by atoms with Crippen molar-refractivity contribution in [2.24, 2.45) is 7.05 Å². The molecule has 0 fully saturated rings. The van der Waals surface area contributed by atoms with Crippen LogP contribution in [0, 0.1) is 6.92 Å². The van der Waals surface area contributed by atoms with Crippen molar-refractivity contribution in [3.05, 3.63) is 53.3 Å². The Kier molecular flexibility index (Phi) is 4.93. The molecule has 0 saturated carbocycles. The molecule has 0 radical (unpaired) electrons. The summed E-state index contributed by atoms with van der Waals surface area (Å²) in [5.41, 5.74) is 3.36. The summed E-state index contributed by atoms with van der Waals surface area (Å²) in [6.07, 6.45) is 2.29. The second-order valence-corrected chi connectivity index (χ2v) is 5.34. The summed E-state index contributed by atoms with van der Waals surface area (Å²) in [4.78, 5) is 0. The molecule has 0 saturated heterocycles. The van der Waals surface area contributed by atoms with E-state index in [1.807, 2.05) is 62.1 Å². The molecule has 0 bridgehead atoms. The van der Waals surface area contributed by atoms with Gasteiger partial charge in [-0.05, 0) is 25.8 Å². The maximum Gasteiger partial charge on any atom is 0.0730 e. The molecule has 108 valence electrons. The summed E-state index contributed by atoms with van der Waals surface area (Å²) < 4.78 is 1.82. The van der Waals surface area contributed by atoms with Crippen molar-refractivity contribution in [3.63, 3.8) is 0 Å². The molecule has 1 heterocycles. The Hall–Kier alpha value is -1.65. The molecular formula is C16H23N3O. The van der Waals surface area contributed by atoms with Crippen molar-refractivity contribution in [3.8, 4) is 0 Å². The molecule has 1 aromatic carbocycles. The van der Waals surface area contributed by atoms with E-state index in [4.69, 9.17) is 0 Å². The second-order valence-electron chi connectivity index (χ2n) is 5.34. The first-order chi connectivity index (χ1) is 9.56. The zero-order valence-corrected chi connectivity index (χ0v) is 12.4. The summed E-state index contributed by atoms with van der Waals surface area (Å²) in [7, 11) is 1.92. The van der Waals surface area contributed by atoms with Crippen molar-refractivity contribution in [1.82, 2.24) is 15.1 Å². The highest BCUT2D eigenvalue weighted by Crippen LogP contribution is 2.08. The van der Waals surface area contributed by atoms with E-state index >= 15 is 0 Å². The lowest BCUT2D eigenvalue weighted by molar-refractivity contribution is 0.134. The van der Waals surface area contributed by atoms with E-state index in [1.54, 1.807) is 0 Å². The molecule has 2 N–H and O–H groups in total. The van der Waals surface area contributed by atoms with Crippen LogP contribution in [-0.2, 0) is 20.0 Å². The molecule has 2 rings (SSSR count). The van der Waals surface area contributed by atoms with Gasteiger partial charge in [-0.15, -0.1) is 0 Å². The SMILES string of the molecule is Cc1nn(C)cc1CNC(C)C(O)Cc1ccccc1. The number of nitrogens with one attached hydrogen (secondary N) is 1. The highest BCUT2D eigenvalue weighted by Gasteiger charge is 2.15. The standard InChI is InChI=1S/C16H23N3O/c1-12-15(11-19(3)18-12)10-17-13(2)16(20)9-14-7-5-4-6-8-14/h4-8,11,13,16-17,20H,9-10H2,1-3H3. The van der Waals surface area contributed by atoms with Crippen LogP contribution in [0.3, 0.4) is 0 Å². The van der Waals surface area contributed by atoms with Crippen LogP contribution >= 0.6 is 0 Å². The van der Waals surface area contributed by atoms with E-state index in [0.29, 0.717) is 6.42 Å². The van der Waals surface area contributed by atoms with Gasteiger partial charge in [-0.25, -0.2) is 0 Å². The first-order valence-corrected chi connectivity index (χ1v) is 7.00. The summed E-state index contributed by atoms with van der Waals surface area (Å²) in [5.74, 6) is 0. The molecule has 0 amide bonds. The molecule has 0 aliphatic heterocycles. The monoisotopic (exact) mass is 273 g/mol. The lowest BCUT2D eigenvalue weighted by Gasteiger charge is -2.20. The predicted molar refractivity (Wildman–Crippen MR) is 80.4 cm³/mol. The van der Waals surface area contributed by atoms with Crippen LogP contribution in [0.1, 0.15) is 23.7 Å². The van der Waals surface area contributed by atoms with E-state index < -0.39 is 6.10 Å². The molecule has 1 aromatic heterocycles. The van der Waals surface area contributed by atoms with E-state index in [-0.39, 0.29) is 6.04 Å². The van der Waals surface area contributed by atoms with E-state index in [9.17, 15) is 5.11 Å². The first kappa shape index (κ1) is 14.8. The van der Waals surface area contributed by atoms with E-state index in [1.165, 1.54) is 5.56 Å². The lowest BCUT2D eigenvalue weighted by atomic mass is 10.0. The highest BCUT2D eigenvalue weighted by atomic mass is 16.3. The van der Waals surface area contributed by atoms with Crippen LogP contribution in [-0.4, -0.2) is 27.0 Å². The molecule has 4 heteroatoms.